The van der Waals surface area contributed by atoms with Crippen molar-refractivity contribution in [2.45, 2.75) is 6.92 Å². The minimum absolute atomic E-state index is 0.160. The summed E-state index contributed by atoms with van der Waals surface area (Å²) in [7, 11) is 1.28. The molecule has 0 aromatic carbocycles. The second-order valence-electron chi connectivity index (χ2n) is 3.53. The number of methoxy groups -OCH3 is 1. The van der Waals surface area contributed by atoms with E-state index in [-0.39, 0.29) is 10.5 Å². The number of halogens is 1. The van der Waals surface area contributed by atoms with Crippen molar-refractivity contribution in [3.8, 4) is 11.3 Å². The monoisotopic (exact) mass is 284 g/mol. The molecule has 2 aromatic rings. The van der Waals surface area contributed by atoms with Crippen LogP contribution in [-0.2, 0) is 4.74 Å². The summed E-state index contributed by atoms with van der Waals surface area (Å²) in [5.74, 6) is -1.06. The van der Waals surface area contributed by atoms with Gasteiger partial charge in [0.15, 0.2) is 10.6 Å². The molecule has 1 N–H and O–H groups in total. The quantitative estimate of drug-likeness (QED) is 0.680. The molecular formula is C11H9FN2O2S2. The summed E-state index contributed by atoms with van der Waals surface area (Å²) in [6.45, 7) is 1.79. The maximum absolute atomic E-state index is 13.8. The number of hydrogen-bond acceptors (Lipinski definition) is 5. The van der Waals surface area contributed by atoms with E-state index in [4.69, 9.17) is 12.2 Å². The molecule has 0 atom stereocenters. The van der Waals surface area contributed by atoms with Crippen molar-refractivity contribution in [2.24, 2.45) is 0 Å². The van der Waals surface area contributed by atoms with E-state index in [2.05, 4.69) is 14.7 Å². The van der Waals surface area contributed by atoms with Gasteiger partial charge in [-0.15, -0.1) is 11.3 Å². The number of carbonyl (C=O) groups is 1. The van der Waals surface area contributed by atoms with Crippen LogP contribution >= 0.6 is 23.6 Å². The van der Waals surface area contributed by atoms with Gasteiger partial charge in [-0.2, -0.15) is 0 Å². The smallest absolute Gasteiger partial charge is 0.348 e. The van der Waals surface area contributed by atoms with E-state index in [1.165, 1.54) is 18.4 Å². The standard InChI is InChI=1S/C11H9FN2O2S2/c1-5-4-18-9(10(15)16-2)7(5)8-6(12)3-13-11(17)14-8/h3-4H,1-2H3,(H,13,14,17). The Kier molecular flexibility index (Phi) is 3.53. The summed E-state index contributed by atoms with van der Waals surface area (Å²) >= 11 is 6.07. The lowest BCUT2D eigenvalue weighted by molar-refractivity contribution is 0.0607. The van der Waals surface area contributed by atoms with E-state index in [1.54, 1.807) is 12.3 Å². The number of aromatic nitrogens is 2. The van der Waals surface area contributed by atoms with E-state index in [0.29, 0.717) is 10.4 Å². The number of carbonyl (C=O) groups excluding carboxylic acids is 1. The third-order valence-corrected chi connectivity index (χ3v) is 3.65. The average Bonchev–Trinajstić information content (AvgIpc) is 2.73. The van der Waals surface area contributed by atoms with Gasteiger partial charge < -0.3 is 9.72 Å². The number of rotatable bonds is 2. The lowest BCUT2D eigenvalue weighted by Gasteiger charge is -2.05. The highest BCUT2D eigenvalue weighted by Crippen LogP contribution is 2.32. The van der Waals surface area contributed by atoms with E-state index in [9.17, 15) is 9.18 Å². The maximum Gasteiger partial charge on any atom is 0.348 e. The zero-order chi connectivity index (χ0) is 13.3. The Labute approximate surface area is 111 Å². The van der Waals surface area contributed by atoms with Crippen LogP contribution < -0.4 is 0 Å². The Bertz CT molecular complexity index is 663. The maximum atomic E-state index is 13.8. The fourth-order valence-electron chi connectivity index (χ4n) is 1.56. The molecule has 7 heteroatoms. The number of nitrogens with zero attached hydrogens (tertiary/aromatic N) is 1. The number of thiophene rings is 1. The van der Waals surface area contributed by atoms with Crippen LogP contribution in [0.5, 0.6) is 0 Å². The van der Waals surface area contributed by atoms with Gasteiger partial charge in [0, 0.05) is 5.56 Å². The average molecular weight is 284 g/mol. The SMILES string of the molecule is COC(=O)c1scc(C)c1-c1[nH]c(=S)ncc1F. The fraction of sp³-hybridized carbons (Fsp3) is 0.182. The molecule has 4 nitrogen and oxygen atoms in total. The van der Waals surface area contributed by atoms with Crippen molar-refractivity contribution in [2.75, 3.05) is 7.11 Å². The van der Waals surface area contributed by atoms with Crippen LogP contribution in [0.1, 0.15) is 15.2 Å². The summed E-state index contributed by atoms with van der Waals surface area (Å²) in [4.78, 5) is 18.3. The number of nitrogens with one attached hydrogen (secondary N) is 1. The molecule has 0 amide bonds. The first-order chi connectivity index (χ1) is 8.54. The van der Waals surface area contributed by atoms with Crippen LogP contribution in [0.25, 0.3) is 11.3 Å². The van der Waals surface area contributed by atoms with Crippen molar-refractivity contribution in [1.82, 2.24) is 9.97 Å². The lowest BCUT2D eigenvalue weighted by Crippen LogP contribution is -2.02. The number of hydrogen-bond donors (Lipinski definition) is 1. The normalized spacial score (nSPS) is 10.4. The molecule has 2 heterocycles. The molecule has 0 spiro atoms. The number of aryl methyl sites for hydroxylation is 1. The van der Waals surface area contributed by atoms with Gasteiger partial charge in [0.25, 0.3) is 0 Å². The van der Waals surface area contributed by atoms with E-state index >= 15 is 0 Å². The van der Waals surface area contributed by atoms with Crippen LogP contribution in [0.15, 0.2) is 11.6 Å². The summed E-state index contributed by atoms with van der Waals surface area (Å²) < 4.78 is 18.6. The highest BCUT2D eigenvalue weighted by atomic mass is 32.1. The minimum Gasteiger partial charge on any atom is -0.465 e. The first kappa shape index (κ1) is 12.8. The predicted octanol–water partition coefficient (Wildman–Crippen LogP) is 3.10. The fourth-order valence-corrected chi connectivity index (χ4v) is 2.69. The van der Waals surface area contributed by atoms with Crippen LogP contribution in [-0.4, -0.2) is 23.0 Å². The topological polar surface area (TPSA) is 55.0 Å². The summed E-state index contributed by atoms with van der Waals surface area (Å²) in [5.41, 5.74) is 1.41. The van der Waals surface area contributed by atoms with Crippen molar-refractivity contribution in [3.63, 3.8) is 0 Å². The number of esters is 1. The van der Waals surface area contributed by atoms with Crippen molar-refractivity contribution in [1.29, 1.82) is 0 Å². The van der Waals surface area contributed by atoms with Gasteiger partial charge >= 0.3 is 5.97 Å². The minimum atomic E-state index is -0.560. The first-order valence-electron chi connectivity index (χ1n) is 4.96. The second kappa shape index (κ2) is 4.95. The Hall–Kier alpha value is -1.60. The largest absolute Gasteiger partial charge is 0.465 e. The third kappa shape index (κ3) is 2.19. The van der Waals surface area contributed by atoms with Crippen molar-refractivity contribution in [3.05, 3.63) is 32.6 Å². The molecule has 18 heavy (non-hydrogen) atoms. The van der Waals surface area contributed by atoms with E-state index in [1.807, 2.05) is 0 Å². The van der Waals surface area contributed by atoms with E-state index in [0.717, 1.165) is 11.8 Å². The Balaban J connectivity index is 2.70. The third-order valence-electron chi connectivity index (χ3n) is 2.36. The second-order valence-corrected chi connectivity index (χ2v) is 4.79. The molecule has 0 fully saturated rings. The Morgan fingerprint density at radius 2 is 2.33 bits per heavy atom. The molecule has 2 rings (SSSR count). The van der Waals surface area contributed by atoms with Crippen LogP contribution in [0.4, 0.5) is 4.39 Å². The molecule has 0 unspecified atom stereocenters. The molecule has 94 valence electrons. The predicted molar refractivity (Wildman–Crippen MR) is 68.8 cm³/mol. The lowest BCUT2D eigenvalue weighted by atomic mass is 10.1. The van der Waals surface area contributed by atoms with Gasteiger partial charge in [0.2, 0.25) is 0 Å². The molecule has 0 radical (unpaired) electrons. The van der Waals surface area contributed by atoms with Gasteiger partial charge in [-0.25, -0.2) is 14.2 Å². The molecule has 0 aliphatic carbocycles. The molecular weight excluding hydrogens is 275 g/mol. The number of H-pyrrole nitrogens is 1. The van der Waals surface area contributed by atoms with Gasteiger partial charge in [-0.3, -0.25) is 0 Å². The van der Waals surface area contributed by atoms with Crippen molar-refractivity contribution >= 4 is 29.5 Å². The van der Waals surface area contributed by atoms with Gasteiger partial charge in [0.05, 0.1) is 19.0 Å². The van der Waals surface area contributed by atoms with Crippen molar-refractivity contribution < 1.29 is 13.9 Å². The van der Waals surface area contributed by atoms with Crippen LogP contribution in [0, 0.1) is 17.5 Å². The van der Waals surface area contributed by atoms with E-state index < -0.39 is 11.8 Å². The Morgan fingerprint density at radius 3 is 3.00 bits per heavy atom. The van der Waals surface area contributed by atoms with Gasteiger partial charge in [-0.1, -0.05) is 0 Å². The summed E-state index contributed by atoms with van der Waals surface area (Å²) in [5, 5.41) is 1.76. The number of ether oxygens (including phenoxy) is 1. The van der Waals surface area contributed by atoms with Crippen LogP contribution in [0.2, 0.25) is 0 Å². The Morgan fingerprint density at radius 1 is 1.61 bits per heavy atom. The molecule has 0 aliphatic rings. The molecule has 0 saturated heterocycles. The van der Waals surface area contributed by atoms with Gasteiger partial charge in [0.1, 0.15) is 4.88 Å². The first-order valence-corrected chi connectivity index (χ1v) is 6.25. The summed E-state index contributed by atoms with van der Waals surface area (Å²) in [6, 6.07) is 0. The van der Waals surface area contributed by atoms with Gasteiger partial charge in [-0.05, 0) is 30.1 Å². The molecule has 0 saturated carbocycles. The van der Waals surface area contributed by atoms with Crippen LogP contribution in [0.3, 0.4) is 0 Å². The number of aromatic amines is 1. The highest BCUT2D eigenvalue weighted by Gasteiger charge is 2.21. The molecule has 0 aliphatic heterocycles. The molecule has 0 bridgehead atoms. The molecule has 2 aromatic heterocycles. The zero-order valence-corrected chi connectivity index (χ0v) is 11.2. The zero-order valence-electron chi connectivity index (χ0n) is 9.61. The highest BCUT2D eigenvalue weighted by molar-refractivity contribution is 7.71. The summed E-state index contributed by atoms with van der Waals surface area (Å²) in [6.07, 6.45) is 1.03.